The number of carbonyl (C=O) groups excluding carboxylic acids is 1. The molecule has 2 aromatic rings. The van der Waals surface area contributed by atoms with Gasteiger partial charge < -0.3 is 14.2 Å². The minimum Gasteiger partial charge on any atom is -0.466 e. The van der Waals surface area contributed by atoms with Crippen molar-refractivity contribution in [2.75, 3.05) is 12.0 Å². The smallest absolute Gasteiger partial charge is 0.466 e. The van der Waals surface area contributed by atoms with E-state index in [0.717, 1.165) is 0 Å². The number of thiazole rings is 1. The van der Waals surface area contributed by atoms with Crippen LogP contribution in [0.3, 0.4) is 0 Å². The van der Waals surface area contributed by atoms with Crippen molar-refractivity contribution in [2.24, 2.45) is 5.10 Å². The summed E-state index contributed by atoms with van der Waals surface area (Å²) in [4.78, 5) is 15.6. The fourth-order valence-corrected chi connectivity index (χ4v) is 2.67. The van der Waals surface area contributed by atoms with Gasteiger partial charge in [0.15, 0.2) is 11.5 Å². The molecule has 132 valence electrons. The zero-order valence-electron chi connectivity index (χ0n) is 13.0. The van der Waals surface area contributed by atoms with Crippen LogP contribution in [0.4, 0.5) is 13.9 Å². The van der Waals surface area contributed by atoms with Crippen LogP contribution in [0, 0.1) is 0 Å². The SMILES string of the molecule is CCOC(=O)Cc1csc(NN=Cc2ccc3c(c2)OC(F)(F)O3)n1. The van der Waals surface area contributed by atoms with Gasteiger partial charge in [-0.2, -0.15) is 5.10 Å². The molecule has 0 saturated carbocycles. The Morgan fingerprint density at radius 2 is 2.24 bits per heavy atom. The third-order valence-electron chi connectivity index (χ3n) is 2.98. The second-order valence-electron chi connectivity index (χ2n) is 4.87. The van der Waals surface area contributed by atoms with Crippen LogP contribution in [0.15, 0.2) is 28.7 Å². The first-order valence-electron chi connectivity index (χ1n) is 7.24. The van der Waals surface area contributed by atoms with Crippen LogP contribution in [-0.2, 0) is 16.0 Å². The van der Waals surface area contributed by atoms with Crippen molar-refractivity contribution in [3.05, 3.63) is 34.8 Å². The molecule has 1 aliphatic heterocycles. The highest BCUT2D eigenvalue weighted by Gasteiger charge is 2.43. The van der Waals surface area contributed by atoms with Gasteiger partial charge in [-0.25, -0.2) is 4.98 Å². The number of carbonyl (C=O) groups is 1. The zero-order valence-corrected chi connectivity index (χ0v) is 13.8. The highest BCUT2D eigenvalue weighted by Crippen LogP contribution is 2.40. The molecular formula is C15H13F2N3O4S. The van der Waals surface area contributed by atoms with Crippen LogP contribution >= 0.6 is 11.3 Å². The first-order valence-corrected chi connectivity index (χ1v) is 8.12. The van der Waals surface area contributed by atoms with E-state index >= 15 is 0 Å². The third kappa shape index (κ3) is 4.41. The molecule has 10 heteroatoms. The fraction of sp³-hybridized carbons (Fsp3) is 0.267. The van der Waals surface area contributed by atoms with Crippen LogP contribution < -0.4 is 14.9 Å². The number of nitrogens with one attached hydrogen (secondary N) is 1. The number of nitrogens with zero attached hydrogens (tertiary/aromatic N) is 2. The first kappa shape index (κ1) is 17.1. The lowest BCUT2D eigenvalue weighted by Crippen LogP contribution is -2.25. The third-order valence-corrected chi connectivity index (χ3v) is 3.78. The number of alkyl halides is 2. The topological polar surface area (TPSA) is 82.0 Å². The maximum Gasteiger partial charge on any atom is 0.586 e. The number of rotatable bonds is 6. The van der Waals surface area contributed by atoms with Gasteiger partial charge in [0.2, 0.25) is 5.13 Å². The summed E-state index contributed by atoms with van der Waals surface area (Å²) in [5, 5.41) is 6.18. The molecule has 3 rings (SSSR count). The summed E-state index contributed by atoms with van der Waals surface area (Å²) in [5.41, 5.74) is 3.82. The summed E-state index contributed by atoms with van der Waals surface area (Å²) in [6.07, 6.45) is -2.13. The summed E-state index contributed by atoms with van der Waals surface area (Å²) in [6, 6.07) is 4.32. The van der Waals surface area contributed by atoms with E-state index in [-0.39, 0.29) is 23.9 Å². The van der Waals surface area contributed by atoms with Gasteiger partial charge in [-0.05, 0) is 30.7 Å². The van der Waals surface area contributed by atoms with Gasteiger partial charge in [-0.3, -0.25) is 10.2 Å². The Morgan fingerprint density at radius 1 is 1.44 bits per heavy atom. The Morgan fingerprint density at radius 3 is 3.04 bits per heavy atom. The molecule has 0 fully saturated rings. The molecule has 0 spiro atoms. The first-order chi connectivity index (χ1) is 11.9. The van der Waals surface area contributed by atoms with Crippen molar-refractivity contribution < 1.29 is 27.8 Å². The summed E-state index contributed by atoms with van der Waals surface area (Å²) in [5.74, 6) is -0.432. The zero-order chi connectivity index (χ0) is 17.9. The lowest BCUT2D eigenvalue weighted by molar-refractivity contribution is -0.286. The number of ether oxygens (including phenoxy) is 3. The molecule has 0 aliphatic carbocycles. The summed E-state index contributed by atoms with van der Waals surface area (Å²) < 4.78 is 39.4. The summed E-state index contributed by atoms with van der Waals surface area (Å²) >= 11 is 1.28. The second-order valence-corrected chi connectivity index (χ2v) is 5.73. The maximum absolute atomic E-state index is 13.0. The Labute approximate surface area is 145 Å². The number of halogens is 2. The van der Waals surface area contributed by atoms with Gasteiger partial charge >= 0.3 is 12.3 Å². The van der Waals surface area contributed by atoms with Gasteiger partial charge in [0.05, 0.1) is 24.9 Å². The Hall–Kier alpha value is -2.75. The lowest BCUT2D eigenvalue weighted by Gasteiger charge is -2.04. The molecule has 1 aromatic heterocycles. The van der Waals surface area contributed by atoms with E-state index in [9.17, 15) is 13.6 Å². The number of hydrogen-bond donors (Lipinski definition) is 1. The molecule has 25 heavy (non-hydrogen) atoms. The quantitative estimate of drug-likeness (QED) is 0.479. The minimum atomic E-state index is -3.65. The molecule has 0 amide bonds. The van der Waals surface area contributed by atoms with Crippen molar-refractivity contribution in [2.45, 2.75) is 19.6 Å². The van der Waals surface area contributed by atoms with Crippen molar-refractivity contribution in [3.63, 3.8) is 0 Å². The molecule has 0 unspecified atom stereocenters. The molecule has 1 aliphatic rings. The predicted molar refractivity (Wildman–Crippen MR) is 86.3 cm³/mol. The number of anilines is 1. The summed E-state index contributed by atoms with van der Waals surface area (Å²) in [7, 11) is 0. The minimum absolute atomic E-state index is 0.0290. The highest BCUT2D eigenvalue weighted by molar-refractivity contribution is 7.13. The van der Waals surface area contributed by atoms with Gasteiger partial charge in [0, 0.05) is 5.38 Å². The van der Waals surface area contributed by atoms with E-state index in [1.54, 1.807) is 18.4 Å². The molecule has 7 nitrogen and oxygen atoms in total. The van der Waals surface area contributed by atoms with Gasteiger partial charge in [-0.15, -0.1) is 20.1 Å². The molecule has 0 saturated heterocycles. The normalized spacial score (nSPS) is 14.7. The number of hydrazone groups is 1. The van der Waals surface area contributed by atoms with E-state index in [0.29, 0.717) is 23.0 Å². The predicted octanol–water partition coefficient (Wildman–Crippen LogP) is 3.02. The number of hydrogen-bond acceptors (Lipinski definition) is 8. The van der Waals surface area contributed by atoms with E-state index in [2.05, 4.69) is 25.0 Å². The largest absolute Gasteiger partial charge is 0.586 e. The molecule has 0 atom stereocenters. The standard InChI is InChI=1S/C15H13F2N3O4S/c1-2-22-13(21)6-10-8-25-14(19-10)20-18-7-9-3-4-11-12(5-9)24-15(16,17)23-11/h3-5,7-8H,2,6H2,1H3,(H,19,20). The van der Waals surface area contributed by atoms with Crippen LogP contribution in [0.1, 0.15) is 18.2 Å². The Kier molecular flexibility index (Phi) is 4.79. The summed E-state index contributed by atoms with van der Waals surface area (Å²) in [6.45, 7) is 2.05. The van der Waals surface area contributed by atoms with Gasteiger partial charge in [0.1, 0.15) is 0 Å². The average molecular weight is 369 g/mol. The molecular weight excluding hydrogens is 356 g/mol. The number of fused-ring (bicyclic) bond motifs is 1. The second kappa shape index (κ2) is 7.01. The molecule has 2 heterocycles. The Balaban J connectivity index is 1.57. The van der Waals surface area contributed by atoms with E-state index in [1.165, 1.54) is 29.7 Å². The number of esters is 1. The average Bonchev–Trinajstić information content (AvgIpc) is 3.09. The van der Waals surface area contributed by atoms with E-state index in [4.69, 9.17) is 4.74 Å². The molecule has 0 radical (unpaired) electrons. The Bertz CT molecular complexity index is 810. The van der Waals surface area contributed by atoms with Gasteiger partial charge in [0.25, 0.3) is 0 Å². The van der Waals surface area contributed by atoms with Crippen molar-refractivity contribution in [1.82, 2.24) is 4.98 Å². The molecule has 1 aromatic carbocycles. The van der Waals surface area contributed by atoms with Crippen LogP contribution in [0.2, 0.25) is 0 Å². The number of aromatic nitrogens is 1. The number of benzene rings is 1. The fourth-order valence-electron chi connectivity index (χ4n) is 2.01. The molecule has 0 bridgehead atoms. The maximum atomic E-state index is 13.0. The van der Waals surface area contributed by atoms with Crippen molar-refractivity contribution in [3.8, 4) is 11.5 Å². The van der Waals surface area contributed by atoms with E-state index in [1.807, 2.05) is 0 Å². The van der Waals surface area contributed by atoms with Crippen LogP contribution in [-0.4, -0.2) is 30.1 Å². The van der Waals surface area contributed by atoms with Crippen molar-refractivity contribution >= 4 is 28.7 Å². The molecule has 1 N–H and O–H groups in total. The van der Waals surface area contributed by atoms with Crippen LogP contribution in [0.5, 0.6) is 11.5 Å². The van der Waals surface area contributed by atoms with Crippen LogP contribution in [0.25, 0.3) is 0 Å². The van der Waals surface area contributed by atoms with Crippen molar-refractivity contribution in [1.29, 1.82) is 0 Å². The monoisotopic (exact) mass is 369 g/mol. The lowest BCUT2D eigenvalue weighted by atomic mass is 10.2. The van der Waals surface area contributed by atoms with Gasteiger partial charge in [-0.1, -0.05) is 0 Å². The highest BCUT2D eigenvalue weighted by atomic mass is 32.1. The van der Waals surface area contributed by atoms with E-state index < -0.39 is 6.29 Å².